The third-order valence-electron chi connectivity index (χ3n) is 3.35. The van der Waals surface area contributed by atoms with Crippen molar-refractivity contribution in [1.82, 2.24) is 0 Å². The van der Waals surface area contributed by atoms with Gasteiger partial charge in [-0.3, -0.25) is 0 Å². The van der Waals surface area contributed by atoms with Crippen LogP contribution in [0.3, 0.4) is 0 Å². The molecule has 0 saturated heterocycles. The van der Waals surface area contributed by atoms with E-state index >= 15 is 0 Å². The summed E-state index contributed by atoms with van der Waals surface area (Å²) in [5, 5.41) is 9.01. The Morgan fingerprint density at radius 1 is 1.15 bits per heavy atom. The number of aryl methyl sites for hydroxylation is 1. The minimum atomic E-state index is -0.890. The molecule has 20 heavy (non-hydrogen) atoms. The number of hydrogen-bond acceptors (Lipinski definition) is 2. The Labute approximate surface area is 119 Å². The van der Waals surface area contributed by atoms with Gasteiger partial charge in [-0.1, -0.05) is 35.9 Å². The maximum atomic E-state index is 11.0. The molecule has 2 rings (SSSR count). The van der Waals surface area contributed by atoms with Crippen LogP contribution in [0, 0.1) is 6.92 Å². The zero-order chi connectivity index (χ0) is 14.5. The zero-order valence-corrected chi connectivity index (χ0v) is 11.8. The molecule has 0 aromatic heterocycles. The molecule has 0 amide bonds. The monoisotopic (exact) mass is 269 g/mol. The number of carboxylic acid groups (broad SMARTS) is 1. The maximum absolute atomic E-state index is 11.0. The van der Waals surface area contributed by atoms with E-state index in [0.29, 0.717) is 5.56 Å². The number of nitrogens with zero attached hydrogens (tertiary/aromatic N) is 1. The molecule has 2 aromatic rings. The van der Waals surface area contributed by atoms with Crippen molar-refractivity contribution >= 4 is 11.7 Å². The number of benzene rings is 2. The lowest BCUT2D eigenvalue weighted by Crippen LogP contribution is -2.20. The zero-order valence-electron chi connectivity index (χ0n) is 11.8. The van der Waals surface area contributed by atoms with E-state index in [-0.39, 0.29) is 0 Å². The second kappa shape index (κ2) is 6.24. The van der Waals surface area contributed by atoms with Crippen molar-refractivity contribution in [3.63, 3.8) is 0 Å². The number of rotatable bonds is 5. The van der Waals surface area contributed by atoms with Crippen molar-refractivity contribution in [2.75, 3.05) is 18.5 Å². The summed E-state index contributed by atoms with van der Waals surface area (Å²) in [6.45, 7) is 2.94. The van der Waals surface area contributed by atoms with Gasteiger partial charge in [0, 0.05) is 19.3 Å². The molecule has 104 valence electrons. The summed E-state index contributed by atoms with van der Waals surface area (Å²) in [6.07, 6.45) is 0.940. The third kappa shape index (κ3) is 3.60. The Morgan fingerprint density at radius 2 is 1.90 bits per heavy atom. The summed E-state index contributed by atoms with van der Waals surface area (Å²) in [5.74, 6) is -0.890. The highest BCUT2D eigenvalue weighted by Gasteiger charge is 2.06. The van der Waals surface area contributed by atoms with Gasteiger partial charge >= 0.3 is 5.97 Å². The summed E-state index contributed by atoms with van der Waals surface area (Å²) in [6, 6.07) is 15.5. The average molecular weight is 269 g/mol. The fraction of sp³-hybridized carbons (Fsp3) is 0.235. The molecular weight excluding hydrogens is 250 g/mol. The summed E-state index contributed by atoms with van der Waals surface area (Å²) in [4.78, 5) is 13.1. The molecule has 0 aliphatic heterocycles. The lowest BCUT2D eigenvalue weighted by molar-refractivity contribution is 0.0697. The maximum Gasteiger partial charge on any atom is 0.335 e. The van der Waals surface area contributed by atoms with Crippen LogP contribution in [0.15, 0.2) is 48.5 Å². The Bertz CT molecular complexity index is 607. The van der Waals surface area contributed by atoms with Crippen LogP contribution in [-0.4, -0.2) is 24.7 Å². The van der Waals surface area contributed by atoms with E-state index in [4.69, 9.17) is 5.11 Å². The van der Waals surface area contributed by atoms with Gasteiger partial charge in [0.1, 0.15) is 0 Å². The second-order valence-corrected chi connectivity index (χ2v) is 5.02. The fourth-order valence-corrected chi connectivity index (χ4v) is 2.17. The second-order valence-electron chi connectivity index (χ2n) is 5.02. The van der Waals surface area contributed by atoms with Gasteiger partial charge in [-0.25, -0.2) is 4.79 Å². The third-order valence-corrected chi connectivity index (χ3v) is 3.35. The van der Waals surface area contributed by atoms with Crippen molar-refractivity contribution in [2.24, 2.45) is 0 Å². The predicted molar refractivity (Wildman–Crippen MR) is 81.6 cm³/mol. The van der Waals surface area contributed by atoms with E-state index in [2.05, 4.69) is 36.1 Å². The van der Waals surface area contributed by atoms with E-state index < -0.39 is 5.97 Å². The standard InChI is InChI=1S/C17H19NO2/c1-13-5-3-6-14(11-13)9-10-18(2)16-8-4-7-15(12-16)17(19)20/h3-8,11-12H,9-10H2,1-2H3,(H,19,20). The molecule has 2 aromatic carbocycles. The smallest absolute Gasteiger partial charge is 0.335 e. The van der Waals surface area contributed by atoms with Crippen molar-refractivity contribution in [1.29, 1.82) is 0 Å². The van der Waals surface area contributed by atoms with E-state index in [1.165, 1.54) is 11.1 Å². The summed E-state index contributed by atoms with van der Waals surface area (Å²) < 4.78 is 0. The molecule has 0 fully saturated rings. The molecule has 3 nitrogen and oxygen atoms in total. The van der Waals surface area contributed by atoms with Gasteiger partial charge in [-0.15, -0.1) is 0 Å². The van der Waals surface area contributed by atoms with Crippen molar-refractivity contribution in [3.05, 3.63) is 65.2 Å². The van der Waals surface area contributed by atoms with E-state index in [0.717, 1.165) is 18.7 Å². The molecule has 0 aliphatic rings. The normalized spacial score (nSPS) is 10.3. The minimum Gasteiger partial charge on any atom is -0.478 e. The number of carboxylic acids is 1. The number of hydrogen-bond donors (Lipinski definition) is 1. The Hall–Kier alpha value is -2.29. The largest absolute Gasteiger partial charge is 0.478 e. The van der Waals surface area contributed by atoms with Gasteiger partial charge in [0.15, 0.2) is 0 Å². The van der Waals surface area contributed by atoms with Crippen LogP contribution in [0.25, 0.3) is 0 Å². The topological polar surface area (TPSA) is 40.5 Å². The van der Waals surface area contributed by atoms with Crippen LogP contribution in [0.5, 0.6) is 0 Å². The van der Waals surface area contributed by atoms with Crippen molar-refractivity contribution in [3.8, 4) is 0 Å². The number of carbonyl (C=O) groups is 1. The van der Waals surface area contributed by atoms with Gasteiger partial charge in [-0.2, -0.15) is 0 Å². The first-order valence-electron chi connectivity index (χ1n) is 6.66. The Balaban J connectivity index is 2.03. The minimum absolute atomic E-state index is 0.324. The van der Waals surface area contributed by atoms with Crippen molar-refractivity contribution in [2.45, 2.75) is 13.3 Å². The first-order valence-corrected chi connectivity index (χ1v) is 6.66. The molecule has 0 radical (unpaired) electrons. The molecule has 0 saturated carbocycles. The lowest BCUT2D eigenvalue weighted by Gasteiger charge is -2.19. The quantitative estimate of drug-likeness (QED) is 0.904. The van der Waals surface area contributed by atoms with Gasteiger partial charge in [0.25, 0.3) is 0 Å². The molecular formula is C17H19NO2. The molecule has 0 heterocycles. The van der Waals surface area contributed by atoms with Crippen LogP contribution in [0.4, 0.5) is 5.69 Å². The highest BCUT2D eigenvalue weighted by Crippen LogP contribution is 2.15. The molecule has 3 heteroatoms. The van der Waals surface area contributed by atoms with Gasteiger partial charge in [0.05, 0.1) is 5.56 Å². The van der Waals surface area contributed by atoms with Gasteiger partial charge in [-0.05, 0) is 37.1 Å². The average Bonchev–Trinajstić information content (AvgIpc) is 2.45. The summed E-state index contributed by atoms with van der Waals surface area (Å²) >= 11 is 0. The van der Waals surface area contributed by atoms with Crippen LogP contribution < -0.4 is 4.90 Å². The Kier molecular flexibility index (Phi) is 4.41. The number of anilines is 1. The first kappa shape index (κ1) is 14.1. The molecule has 0 unspecified atom stereocenters. The molecule has 0 atom stereocenters. The van der Waals surface area contributed by atoms with Gasteiger partial charge in [0.2, 0.25) is 0 Å². The lowest BCUT2D eigenvalue weighted by atomic mass is 10.1. The molecule has 0 aliphatic carbocycles. The highest BCUT2D eigenvalue weighted by molar-refractivity contribution is 5.88. The summed E-state index contributed by atoms with van der Waals surface area (Å²) in [5.41, 5.74) is 3.81. The Morgan fingerprint density at radius 3 is 2.60 bits per heavy atom. The number of likely N-dealkylation sites (N-methyl/N-ethyl adjacent to an activating group) is 1. The van der Waals surface area contributed by atoms with Crippen LogP contribution in [-0.2, 0) is 6.42 Å². The predicted octanol–water partition coefficient (Wildman–Crippen LogP) is 3.37. The van der Waals surface area contributed by atoms with Crippen LogP contribution in [0.1, 0.15) is 21.5 Å². The summed E-state index contributed by atoms with van der Waals surface area (Å²) in [7, 11) is 1.98. The fourth-order valence-electron chi connectivity index (χ4n) is 2.17. The van der Waals surface area contributed by atoms with E-state index in [9.17, 15) is 4.79 Å². The van der Waals surface area contributed by atoms with E-state index in [1.54, 1.807) is 18.2 Å². The van der Waals surface area contributed by atoms with Crippen molar-refractivity contribution < 1.29 is 9.90 Å². The highest BCUT2D eigenvalue weighted by atomic mass is 16.4. The van der Waals surface area contributed by atoms with E-state index in [1.807, 2.05) is 13.1 Å². The SMILES string of the molecule is Cc1cccc(CCN(C)c2cccc(C(=O)O)c2)c1. The first-order chi connectivity index (χ1) is 9.56. The molecule has 0 spiro atoms. The van der Waals surface area contributed by atoms with Gasteiger partial charge < -0.3 is 10.0 Å². The van der Waals surface area contributed by atoms with Crippen LogP contribution >= 0.6 is 0 Å². The van der Waals surface area contributed by atoms with Crippen LogP contribution in [0.2, 0.25) is 0 Å². The molecule has 0 bridgehead atoms. The number of aromatic carboxylic acids is 1. The molecule has 1 N–H and O–H groups in total.